The van der Waals surface area contributed by atoms with E-state index in [1.165, 1.54) is 0 Å². The van der Waals surface area contributed by atoms with Crippen LogP contribution in [0.5, 0.6) is 5.75 Å². The lowest BCUT2D eigenvalue weighted by Gasteiger charge is -2.26. The SMILES string of the molecule is O=C(Nc1ccc(Cl)nn1)C1CNc2ccccc2O1. The van der Waals surface area contributed by atoms with Gasteiger partial charge < -0.3 is 15.4 Å². The van der Waals surface area contributed by atoms with E-state index in [1.807, 2.05) is 24.3 Å². The van der Waals surface area contributed by atoms with Crippen molar-refractivity contribution in [2.75, 3.05) is 17.2 Å². The third-order valence-corrected chi connectivity index (χ3v) is 3.01. The van der Waals surface area contributed by atoms with Crippen molar-refractivity contribution < 1.29 is 9.53 Å². The zero-order valence-electron chi connectivity index (χ0n) is 10.3. The van der Waals surface area contributed by atoms with Gasteiger partial charge >= 0.3 is 0 Å². The molecule has 1 aliphatic rings. The number of nitrogens with one attached hydrogen (secondary N) is 2. The molecule has 1 aromatic heterocycles. The summed E-state index contributed by atoms with van der Waals surface area (Å²) in [6.07, 6.45) is -0.623. The number of amides is 1. The Morgan fingerprint density at radius 2 is 2.15 bits per heavy atom. The van der Waals surface area contributed by atoms with E-state index in [9.17, 15) is 4.79 Å². The van der Waals surface area contributed by atoms with Crippen molar-refractivity contribution in [2.24, 2.45) is 0 Å². The van der Waals surface area contributed by atoms with Crippen LogP contribution >= 0.6 is 11.6 Å². The molecule has 7 heteroatoms. The highest BCUT2D eigenvalue weighted by molar-refractivity contribution is 6.29. The van der Waals surface area contributed by atoms with Gasteiger partial charge in [0.2, 0.25) is 0 Å². The fraction of sp³-hybridized carbons (Fsp3) is 0.154. The predicted molar refractivity (Wildman–Crippen MR) is 75.0 cm³/mol. The quantitative estimate of drug-likeness (QED) is 0.884. The molecule has 2 aromatic rings. The first-order valence-electron chi connectivity index (χ1n) is 6.02. The Morgan fingerprint density at radius 3 is 2.95 bits per heavy atom. The second kappa shape index (κ2) is 5.34. The van der Waals surface area contributed by atoms with E-state index >= 15 is 0 Å². The van der Waals surface area contributed by atoms with E-state index in [1.54, 1.807) is 12.1 Å². The third-order valence-electron chi connectivity index (χ3n) is 2.81. The van der Waals surface area contributed by atoms with Crippen molar-refractivity contribution in [3.05, 3.63) is 41.6 Å². The molecule has 1 atom stereocenters. The zero-order valence-corrected chi connectivity index (χ0v) is 11.1. The number of para-hydroxylation sites is 2. The minimum absolute atomic E-state index is 0.271. The van der Waals surface area contributed by atoms with Crippen LogP contribution in [0, 0.1) is 0 Å². The van der Waals surface area contributed by atoms with Gasteiger partial charge in [0.15, 0.2) is 17.1 Å². The lowest BCUT2D eigenvalue weighted by Crippen LogP contribution is -2.41. The highest BCUT2D eigenvalue weighted by atomic mass is 35.5. The molecule has 1 unspecified atom stereocenters. The van der Waals surface area contributed by atoms with E-state index in [4.69, 9.17) is 16.3 Å². The maximum atomic E-state index is 12.1. The number of carbonyl (C=O) groups excluding carboxylic acids is 1. The molecule has 0 radical (unpaired) electrons. The molecule has 102 valence electrons. The van der Waals surface area contributed by atoms with Gasteiger partial charge in [-0.2, -0.15) is 0 Å². The number of aromatic nitrogens is 2. The smallest absolute Gasteiger partial charge is 0.268 e. The number of halogens is 1. The molecule has 2 N–H and O–H groups in total. The van der Waals surface area contributed by atoms with Gasteiger partial charge in [-0.15, -0.1) is 10.2 Å². The van der Waals surface area contributed by atoms with Crippen LogP contribution in [-0.4, -0.2) is 28.8 Å². The third kappa shape index (κ3) is 2.65. The molecule has 3 rings (SSSR count). The minimum Gasteiger partial charge on any atom is -0.477 e. The Bertz CT molecular complexity index is 633. The topological polar surface area (TPSA) is 76.1 Å². The number of anilines is 2. The van der Waals surface area contributed by atoms with Crippen molar-refractivity contribution in [1.29, 1.82) is 0 Å². The van der Waals surface area contributed by atoms with Crippen LogP contribution in [-0.2, 0) is 4.79 Å². The van der Waals surface area contributed by atoms with Gasteiger partial charge in [0, 0.05) is 0 Å². The van der Waals surface area contributed by atoms with Crippen molar-refractivity contribution in [3.8, 4) is 5.75 Å². The van der Waals surface area contributed by atoms with Crippen LogP contribution in [0.4, 0.5) is 11.5 Å². The molecule has 0 bridgehead atoms. The van der Waals surface area contributed by atoms with Crippen LogP contribution in [0.2, 0.25) is 5.15 Å². The maximum Gasteiger partial charge on any atom is 0.268 e. The van der Waals surface area contributed by atoms with Crippen molar-refractivity contribution in [3.63, 3.8) is 0 Å². The highest BCUT2D eigenvalue weighted by Gasteiger charge is 2.25. The molecule has 0 spiro atoms. The molecular formula is C13H11ClN4O2. The Kier molecular flexibility index (Phi) is 3.39. The minimum atomic E-state index is -0.623. The van der Waals surface area contributed by atoms with Gasteiger partial charge in [0.25, 0.3) is 5.91 Å². The Morgan fingerprint density at radius 1 is 1.30 bits per heavy atom. The van der Waals surface area contributed by atoms with Gasteiger partial charge in [-0.05, 0) is 24.3 Å². The molecule has 1 aliphatic heterocycles. The number of nitrogens with zero attached hydrogens (tertiary/aromatic N) is 2. The average Bonchev–Trinajstić information content (AvgIpc) is 2.49. The first kappa shape index (κ1) is 12.7. The zero-order chi connectivity index (χ0) is 13.9. The summed E-state index contributed by atoms with van der Waals surface area (Å²) in [5.41, 5.74) is 0.878. The van der Waals surface area contributed by atoms with Gasteiger partial charge in [-0.25, -0.2) is 0 Å². The number of fused-ring (bicyclic) bond motifs is 1. The molecule has 1 amide bonds. The van der Waals surface area contributed by atoms with Gasteiger partial charge in [0.1, 0.15) is 5.75 Å². The maximum absolute atomic E-state index is 12.1. The summed E-state index contributed by atoms with van der Waals surface area (Å²) < 4.78 is 5.64. The fourth-order valence-electron chi connectivity index (χ4n) is 1.85. The summed E-state index contributed by atoms with van der Waals surface area (Å²) in [7, 11) is 0. The Hall–Kier alpha value is -2.34. The summed E-state index contributed by atoms with van der Waals surface area (Å²) in [5.74, 6) is 0.701. The van der Waals surface area contributed by atoms with Crippen LogP contribution < -0.4 is 15.4 Å². The molecule has 0 fully saturated rings. The van der Waals surface area contributed by atoms with Gasteiger partial charge in [-0.3, -0.25) is 4.79 Å². The Labute approximate surface area is 120 Å². The molecular weight excluding hydrogens is 280 g/mol. The first-order chi connectivity index (χ1) is 9.72. The predicted octanol–water partition coefficient (Wildman–Crippen LogP) is 1.94. The van der Waals surface area contributed by atoms with E-state index in [0.717, 1.165) is 5.69 Å². The summed E-state index contributed by atoms with van der Waals surface area (Å²) in [6.45, 7) is 0.393. The highest BCUT2D eigenvalue weighted by Crippen LogP contribution is 2.28. The average molecular weight is 291 g/mol. The molecule has 6 nitrogen and oxygen atoms in total. The van der Waals surface area contributed by atoms with E-state index in [0.29, 0.717) is 18.1 Å². The number of hydrogen-bond acceptors (Lipinski definition) is 5. The summed E-state index contributed by atoms with van der Waals surface area (Å²) >= 11 is 5.63. The summed E-state index contributed by atoms with van der Waals surface area (Å²) in [5, 5.41) is 13.5. The van der Waals surface area contributed by atoms with Crippen molar-refractivity contribution >= 4 is 29.0 Å². The lowest BCUT2D eigenvalue weighted by atomic mass is 10.2. The number of hydrogen-bond donors (Lipinski definition) is 2. The fourth-order valence-corrected chi connectivity index (χ4v) is 1.95. The monoisotopic (exact) mass is 290 g/mol. The Balaban J connectivity index is 1.68. The van der Waals surface area contributed by atoms with Crippen LogP contribution in [0.1, 0.15) is 0 Å². The first-order valence-corrected chi connectivity index (χ1v) is 6.40. The lowest BCUT2D eigenvalue weighted by molar-refractivity contribution is -0.122. The molecule has 0 aliphatic carbocycles. The largest absolute Gasteiger partial charge is 0.477 e. The molecule has 0 saturated carbocycles. The molecule has 1 aromatic carbocycles. The van der Waals surface area contributed by atoms with Crippen LogP contribution in [0.3, 0.4) is 0 Å². The van der Waals surface area contributed by atoms with Crippen LogP contribution in [0.15, 0.2) is 36.4 Å². The normalized spacial score (nSPS) is 16.6. The van der Waals surface area contributed by atoms with E-state index in [-0.39, 0.29) is 11.1 Å². The van der Waals surface area contributed by atoms with Gasteiger partial charge in [0.05, 0.1) is 12.2 Å². The molecule has 20 heavy (non-hydrogen) atoms. The van der Waals surface area contributed by atoms with Crippen molar-refractivity contribution in [2.45, 2.75) is 6.10 Å². The van der Waals surface area contributed by atoms with Crippen LogP contribution in [0.25, 0.3) is 0 Å². The van der Waals surface area contributed by atoms with E-state index in [2.05, 4.69) is 20.8 Å². The second-order valence-electron chi connectivity index (χ2n) is 4.21. The number of rotatable bonds is 2. The standard InChI is InChI=1S/C13H11ClN4O2/c14-11-5-6-12(18-17-11)16-13(19)10-7-15-8-3-1-2-4-9(8)20-10/h1-6,10,15H,7H2,(H,16,18,19). The summed E-state index contributed by atoms with van der Waals surface area (Å²) in [6, 6.07) is 10.6. The second-order valence-corrected chi connectivity index (χ2v) is 4.60. The van der Waals surface area contributed by atoms with Gasteiger partial charge in [-0.1, -0.05) is 23.7 Å². The molecule has 2 heterocycles. The number of carbonyl (C=O) groups is 1. The number of ether oxygens (including phenoxy) is 1. The van der Waals surface area contributed by atoms with Crippen molar-refractivity contribution in [1.82, 2.24) is 10.2 Å². The van der Waals surface area contributed by atoms with E-state index < -0.39 is 6.10 Å². The number of benzene rings is 1. The molecule has 0 saturated heterocycles. The summed E-state index contributed by atoms with van der Waals surface area (Å²) in [4.78, 5) is 12.1.